The molecule has 0 bridgehead atoms. The van der Waals surface area contributed by atoms with Gasteiger partial charge in [-0.1, -0.05) is 15.9 Å². The Balaban J connectivity index is 1.91. The molecular formula is C16H9BrN2O5. The number of nitro groups is 1. The quantitative estimate of drug-likeness (QED) is 0.418. The molecule has 0 atom stereocenters. The lowest BCUT2D eigenvalue weighted by Gasteiger charge is -2.05. The van der Waals surface area contributed by atoms with Gasteiger partial charge in [-0.2, -0.15) is 0 Å². The topological polar surface area (TPSA) is 102 Å². The van der Waals surface area contributed by atoms with E-state index in [1.54, 1.807) is 18.2 Å². The Morgan fingerprint density at radius 3 is 2.50 bits per heavy atom. The first kappa shape index (κ1) is 15.9. The summed E-state index contributed by atoms with van der Waals surface area (Å²) in [5.74, 6) is -0.563. The lowest BCUT2D eigenvalue weighted by molar-refractivity contribution is -0.384. The third-order valence-corrected chi connectivity index (χ3v) is 3.78. The summed E-state index contributed by atoms with van der Waals surface area (Å²) < 4.78 is 5.96. The van der Waals surface area contributed by atoms with Crippen molar-refractivity contribution in [2.45, 2.75) is 0 Å². The molecule has 0 aliphatic rings. The van der Waals surface area contributed by atoms with E-state index < -0.39 is 16.5 Å². The maximum atomic E-state index is 12.2. The molecule has 2 aromatic carbocycles. The summed E-state index contributed by atoms with van der Waals surface area (Å²) in [4.78, 5) is 34.2. The Kier molecular flexibility index (Phi) is 4.13. The van der Waals surface area contributed by atoms with Gasteiger partial charge in [0.15, 0.2) is 0 Å². The highest BCUT2D eigenvalue weighted by molar-refractivity contribution is 9.10. The van der Waals surface area contributed by atoms with Crippen molar-refractivity contribution < 1.29 is 14.1 Å². The maximum absolute atomic E-state index is 12.2. The van der Waals surface area contributed by atoms with Crippen molar-refractivity contribution in [1.82, 2.24) is 0 Å². The van der Waals surface area contributed by atoms with Gasteiger partial charge in [-0.3, -0.25) is 14.9 Å². The minimum absolute atomic E-state index is 0.0102. The van der Waals surface area contributed by atoms with Crippen LogP contribution in [-0.2, 0) is 0 Å². The second kappa shape index (κ2) is 6.25. The molecule has 0 saturated heterocycles. The first-order valence-electron chi connectivity index (χ1n) is 6.73. The zero-order valence-corrected chi connectivity index (χ0v) is 13.6. The lowest BCUT2D eigenvalue weighted by atomic mass is 10.2. The van der Waals surface area contributed by atoms with Crippen LogP contribution in [0.1, 0.15) is 10.4 Å². The number of halogens is 1. The SMILES string of the molecule is O=C(Nc1cc2cc(Br)ccc2oc1=O)c1ccc([N+](=O)[O-])cc1. The van der Waals surface area contributed by atoms with E-state index in [1.165, 1.54) is 30.3 Å². The summed E-state index contributed by atoms with van der Waals surface area (Å²) in [6, 6.07) is 11.7. The van der Waals surface area contributed by atoms with Crippen LogP contribution in [0.25, 0.3) is 11.0 Å². The van der Waals surface area contributed by atoms with Gasteiger partial charge in [0, 0.05) is 27.6 Å². The number of anilines is 1. The minimum atomic E-state index is -0.680. The fourth-order valence-electron chi connectivity index (χ4n) is 2.11. The molecule has 0 spiro atoms. The highest BCUT2D eigenvalue weighted by Crippen LogP contribution is 2.21. The van der Waals surface area contributed by atoms with Crippen molar-refractivity contribution in [2.75, 3.05) is 5.32 Å². The van der Waals surface area contributed by atoms with Crippen molar-refractivity contribution >= 4 is 44.2 Å². The predicted octanol–water partition coefficient (Wildman–Crippen LogP) is 3.72. The number of fused-ring (bicyclic) bond motifs is 1. The smallest absolute Gasteiger partial charge is 0.360 e. The van der Waals surface area contributed by atoms with Gasteiger partial charge >= 0.3 is 5.63 Å². The van der Waals surface area contributed by atoms with E-state index in [0.29, 0.717) is 11.0 Å². The molecule has 7 nitrogen and oxygen atoms in total. The molecule has 24 heavy (non-hydrogen) atoms. The Hall–Kier alpha value is -3.00. The summed E-state index contributed by atoms with van der Waals surface area (Å²) in [5, 5.41) is 13.7. The molecular weight excluding hydrogens is 380 g/mol. The number of carbonyl (C=O) groups excluding carboxylic acids is 1. The van der Waals surface area contributed by atoms with Gasteiger partial charge in [-0.05, 0) is 36.4 Å². The molecule has 0 fully saturated rings. The van der Waals surface area contributed by atoms with Gasteiger partial charge < -0.3 is 9.73 Å². The van der Waals surface area contributed by atoms with Crippen molar-refractivity contribution in [1.29, 1.82) is 0 Å². The Morgan fingerprint density at radius 2 is 1.83 bits per heavy atom. The molecule has 8 heteroatoms. The highest BCUT2D eigenvalue weighted by atomic mass is 79.9. The average Bonchev–Trinajstić information content (AvgIpc) is 2.56. The number of non-ortho nitro benzene ring substituents is 1. The Bertz CT molecular complexity index is 1010. The Morgan fingerprint density at radius 1 is 1.12 bits per heavy atom. The molecule has 0 saturated carbocycles. The molecule has 0 aliphatic heterocycles. The van der Waals surface area contributed by atoms with Crippen LogP contribution in [0.15, 0.2) is 62.2 Å². The summed E-state index contributed by atoms with van der Waals surface area (Å²) in [5.41, 5.74) is -0.225. The van der Waals surface area contributed by atoms with Crippen LogP contribution in [0.3, 0.4) is 0 Å². The van der Waals surface area contributed by atoms with E-state index in [1.807, 2.05) is 0 Å². The molecule has 3 rings (SSSR count). The summed E-state index contributed by atoms with van der Waals surface area (Å²) in [6.07, 6.45) is 0. The first-order valence-corrected chi connectivity index (χ1v) is 7.52. The zero-order chi connectivity index (χ0) is 17.3. The van der Waals surface area contributed by atoms with E-state index in [4.69, 9.17) is 4.42 Å². The number of carbonyl (C=O) groups is 1. The van der Waals surface area contributed by atoms with Crippen LogP contribution in [-0.4, -0.2) is 10.8 Å². The molecule has 3 aromatic rings. The van der Waals surface area contributed by atoms with Crippen molar-refractivity contribution in [3.8, 4) is 0 Å². The number of rotatable bonds is 3. The molecule has 1 heterocycles. The lowest BCUT2D eigenvalue weighted by Crippen LogP contribution is -2.17. The zero-order valence-electron chi connectivity index (χ0n) is 12.0. The molecule has 0 radical (unpaired) electrons. The number of hydrogen-bond acceptors (Lipinski definition) is 5. The number of nitro benzene ring substituents is 1. The Labute approximate surface area is 143 Å². The fourth-order valence-corrected chi connectivity index (χ4v) is 2.49. The predicted molar refractivity (Wildman–Crippen MR) is 91.2 cm³/mol. The van der Waals surface area contributed by atoms with Gasteiger partial charge in [0.25, 0.3) is 11.6 Å². The summed E-state index contributed by atoms with van der Waals surface area (Å²) in [6.45, 7) is 0. The normalized spacial score (nSPS) is 10.5. The van der Waals surface area contributed by atoms with Crippen LogP contribution in [0.4, 0.5) is 11.4 Å². The van der Waals surface area contributed by atoms with E-state index in [9.17, 15) is 19.7 Å². The molecule has 0 aliphatic carbocycles. The van der Waals surface area contributed by atoms with Crippen LogP contribution in [0.2, 0.25) is 0 Å². The summed E-state index contributed by atoms with van der Waals surface area (Å²) in [7, 11) is 0. The van der Waals surface area contributed by atoms with Gasteiger partial charge in [0.05, 0.1) is 4.92 Å². The molecule has 1 aromatic heterocycles. The van der Waals surface area contributed by atoms with Crippen LogP contribution >= 0.6 is 15.9 Å². The molecule has 120 valence electrons. The third-order valence-electron chi connectivity index (χ3n) is 3.28. The maximum Gasteiger partial charge on any atom is 0.360 e. The number of nitrogens with zero attached hydrogens (tertiary/aromatic N) is 1. The second-order valence-corrected chi connectivity index (χ2v) is 5.80. The van der Waals surface area contributed by atoms with Crippen LogP contribution in [0, 0.1) is 10.1 Å². The number of amides is 1. The first-order chi connectivity index (χ1) is 11.4. The number of nitrogens with one attached hydrogen (secondary N) is 1. The monoisotopic (exact) mass is 388 g/mol. The van der Waals surface area contributed by atoms with E-state index in [-0.39, 0.29) is 16.9 Å². The minimum Gasteiger partial charge on any atom is -0.421 e. The second-order valence-electron chi connectivity index (χ2n) is 4.89. The number of benzene rings is 2. The molecule has 0 unspecified atom stereocenters. The van der Waals surface area contributed by atoms with Gasteiger partial charge in [0.1, 0.15) is 11.3 Å². The molecule has 1 N–H and O–H groups in total. The highest BCUT2D eigenvalue weighted by Gasteiger charge is 2.13. The van der Waals surface area contributed by atoms with Crippen molar-refractivity contribution in [3.05, 3.63) is 79.1 Å². The molecule has 1 amide bonds. The van der Waals surface area contributed by atoms with Crippen LogP contribution < -0.4 is 10.9 Å². The van der Waals surface area contributed by atoms with Crippen LogP contribution in [0.5, 0.6) is 0 Å². The van der Waals surface area contributed by atoms with E-state index >= 15 is 0 Å². The van der Waals surface area contributed by atoms with Gasteiger partial charge in [0.2, 0.25) is 0 Å². The average molecular weight is 389 g/mol. The third kappa shape index (κ3) is 3.18. The fraction of sp³-hybridized carbons (Fsp3) is 0. The summed E-state index contributed by atoms with van der Waals surface area (Å²) >= 11 is 3.32. The van der Waals surface area contributed by atoms with Gasteiger partial charge in [-0.25, -0.2) is 4.79 Å². The van der Waals surface area contributed by atoms with Crippen molar-refractivity contribution in [2.24, 2.45) is 0 Å². The van der Waals surface area contributed by atoms with E-state index in [2.05, 4.69) is 21.2 Å². The largest absolute Gasteiger partial charge is 0.421 e. The van der Waals surface area contributed by atoms with E-state index in [0.717, 1.165) is 4.47 Å². The van der Waals surface area contributed by atoms with Crippen molar-refractivity contribution in [3.63, 3.8) is 0 Å². The standard InChI is InChI=1S/C16H9BrN2O5/c17-11-3-6-14-10(7-11)8-13(16(21)24-14)18-15(20)9-1-4-12(5-2-9)19(22)23/h1-8H,(H,18,20). The number of hydrogen-bond donors (Lipinski definition) is 1. The van der Waals surface area contributed by atoms with Gasteiger partial charge in [-0.15, -0.1) is 0 Å².